The molecule has 14 heavy (non-hydrogen) atoms. The minimum absolute atomic E-state index is 0.278. The average molecular weight is 211 g/mol. The van der Waals surface area contributed by atoms with Gasteiger partial charge in [0.2, 0.25) is 0 Å². The van der Waals surface area contributed by atoms with Crippen molar-refractivity contribution in [3.8, 4) is 5.75 Å². The Labute approximate surface area is 85.1 Å². The number of carbonyl (C=O) groups is 1. The van der Waals surface area contributed by atoms with Gasteiger partial charge in [-0.05, 0) is 6.07 Å². The molecule has 0 spiro atoms. The summed E-state index contributed by atoms with van der Waals surface area (Å²) in [5.74, 6) is 0.278. The fourth-order valence-corrected chi connectivity index (χ4v) is 1.54. The number of ether oxygens (including phenoxy) is 1. The lowest BCUT2D eigenvalue weighted by Gasteiger charge is -2.01. The lowest BCUT2D eigenvalue weighted by atomic mass is 10.3. The van der Waals surface area contributed by atoms with Gasteiger partial charge in [-0.2, -0.15) is 0 Å². The third kappa shape index (κ3) is 1.24. The summed E-state index contributed by atoms with van der Waals surface area (Å²) < 4.78 is 6.51. The van der Waals surface area contributed by atoms with Gasteiger partial charge < -0.3 is 9.30 Å². The predicted octanol–water partition coefficient (Wildman–Crippen LogP) is 1.76. The zero-order valence-corrected chi connectivity index (χ0v) is 8.15. The fourth-order valence-electron chi connectivity index (χ4n) is 1.30. The first-order chi connectivity index (χ1) is 6.74. The van der Waals surface area contributed by atoms with Crippen molar-refractivity contribution in [2.75, 3.05) is 0 Å². The third-order valence-corrected chi connectivity index (χ3v) is 2.36. The van der Waals surface area contributed by atoms with Crippen molar-refractivity contribution in [3.63, 3.8) is 0 Å². The van der Waals surface area contributed by atoms with E-state index < -0.39 is 0 Å². The molecule has 4 nitrogen and oxygen atoms in total. The van der Waals surface area contributed by atoms with E-state index in [9.17, 15) is 4.79 Å². The number of hydrogen-bond acceptors (Lipinski definition) is 3. The van der Waals surface area contributed by atoms with Crippen LogP contribution < -0.4 is 4.74 Å². The zero-order chi connectivity index (χ0) is 10.1. The Balaban J connectivity index is 2.69. The van der Waals surface area contributed by atoms with Crippen molar-refractivity contribution < 1.29 is 9.53 Å². The van der Waals surface area contributed by atoms with E-state index in [-0.39, 0.29) is 5.75 Å². The minimum atomic E-state index is 0.278. The summed E-state index contributed by atoms with van der Waals surface area (Å²) in [5, 5.41) is 1.18. The number of aryl methyl sites for hydroxylation is 1. The molecule has 2 heterocycles. The number of hydrogen-bond donors (Lipinski definition) is 0. The first-order valence-corrected chi connectivity index (χ1v) is 4.31. The highest BCUT2D eigenvalue weighted by atomic mass is 35.5. The summed E-state index contributed by atoms with van der Waals surface area (Å²) >= 11 is 6.00. The molecule has 0 saturated carbocycles. The Morgan fingerprint density at radius 2 is 2.43 bits per heavy atom. The summed E-state index contributed by atoms with van der Waals surface area (Å²) in [6.45, 7) is 0.331. The molecule has 0 atom stereocenters. The largest absolute Gasteiger partial charge is 0.425 e. The summed E-state index contributed by atoms with van der Waals surface area (Å²) in [7, 11) is 1.87. The van der Waals surface area contributed by atoms with E-state index in [1.165, 1.54) is 6.20 Å². The topological polar surface area (TPSA) is 44.1 Å². The van der Waals surface area contributed by atoms with Crippen LogP contribution in [0.5, 0.6) is 5.75 Å². The van der Waals surface area contributed by atoms with Gasteiger partial charge in [-0.15, -0.1) is 0 Å². The monoisotopic (exact) mass is 210 g/mol. The van der Waals surface area contributed by atoms with Crippen molar-refractivity contribution in [1.82, 2.24) is 9.55 Å². The first kappa shape index (κ1) is 9.02. The SMILES string of the molecule is Cn1ccc2c(Cl)c(OC=O)cnc21. The van der Waals surface area contributed by atoms with Gasteiger partial charge in [0.05, 0.1) is 11.2 Å². The van der Waals surface area contributed by atoms with Crippen LogP contribution in [-0.2, 0) is 11.8 Å². The number of nitrogens with zero attached hydrogens (tertiary/aromatic N) is 2. The van der Waals surface area contributed by atoms with Crippen molar-refractivity contribution >= 4 is 29.1 Å². The van der Waals surface area contributed by atoms with Crippen molar-refractivity contribution in [3.05, 3.63) is 23.5 Å². The molecule has 5 heteroatoms. The van der Waals surface area contributed by atoms with Gasteiger partial charge >= 0.3 is 0 Å². The predicted molar refractivity (Wildman–Crippen MR) is 52.4 cm³/mol. The summed E-state index contributed by atoms with van der Waals surface area (Å²) in [4.78, 5) is 14.3. The highest BCUT2D eigenvalue weighted by molar-refractivity contribution is 6.36. The summed E-state index contributed by atoms with van der Waals surface area (Å²) in [6.07, 6.45) is 3.27. The molecule has 2 aromatic rings. The minimum Gasteiger partial charge on any atom is -0.425 e. The molecule has 0 bridgehead atoms. The zero-order valence-electron chi connectivity index (χ0n) is 7.40. The van der Waals surface area contributed by atoms with Crippen LogP contribution in [0.1, 0.15) is 0 Å². The maximum absolute atomic E-state index is 10.2. The van der Waals surface area contributed by atoms with Gasteiger partial charge in [0.25, 0.3) is 6.47 Å². The van der Waals surface area contributed by atoms with Crippen LogP contribution in [0.3, 0.4) is 0 Å². The second-order valence-corrected chi connectivity index (χ2v) is 3.19. The van der Waals surface area contributed by atoms with Crippen LogP contribution >= 0.6 is 11.6 Å². The Kier molecular flexibility index (Phi) is 2.13. The van der Waals surface area contributed by atoms with Gasteiger partial charge in [0, 0.05) is 18.6 Å². The van der Waals surface area contributed by atoms with Crippen molar-refractivity contribution in [2.24, 2.45) is 7.05 Å². The first-order valence-electron chi connectivity index (χ1n) is 3.94. The molecule has 2 aromatic heterocycles. The number of carbonyl (C=O) groups excluding carboxylic acids is 1. The molecule has 0 saturated heterocycles. The quantitative estimate of drug-likeness (QED) is 0.710. The maximum atomic E-state index is 10.2. The smallest absolute Gasteiger partial charge is 0.298 e. The second-order valence-electron chi connectivity index (χ2n) is 2.81. The van der Waals surface area contributed by atoms with Gasteiger partial charge in [0.15, 0.2) is 5.75 Å². The second kappa shape index (κ2) is 3.31. The molecule has 0 aromatic carbocycles. The highest BCUT2D eigenvalue weighted by Crippen LogP contribution is 2.30. The number of aromatic nitrogens is 2. The maximum Gasteiger partial charge on any atom is 0.298 e. The average Bonchev–Trinajstić information content (AvgIpc) is 2.54. The Hall–Kier alpha value is -1.55. The molecule has 0 fully saturated rings. The molecule has 72 valence electrons. The molecular weight excluding hydrogens is 204 g/mol. The Morgan fingerprint density at radius 3 is 3.14 bits per heavy atom. The Bertz CT molecular complexity index is 493. The normalized spacial score (nSPS) is 10.4. The van der Waals surface area contributed by atoms with Crippen LogP contribution in [0.2, 0.25) is 5.02 Å². The van der Waals surface area contributed by atoms with Gasteiger partial charge in [-0.1, -0.05) is 11.6 Å². The third-order valence-electron chi connectivity index (χ3n) is 1.97. The molecule has 0 radical (unpaired) electrons. The van der Waals surface area contributed by atoms with Crippen LogP contribution in [0.4, 0.5) is 0 Å². The molecule has 0 aliphatic heterocycles. The molecule has 0 N–H and O–H groups in total. The lowest BCUT2D eigenvalue weighted by molar-refractivity contribution is -0.120. The molecule has 0 unspecified atom stereocenters. The Morgan fingerprint density at radius 1 is 1.64 bits per heavy atom. The number of fused-ring (bicyclic) bond motifs is 1. The van der Waals surface area contributed by atoms with Crippen LogP contribution in [0, 0.1) is 0 Å². The standard InChI is InChI=1S/C9H7ClN2O2/c1-12-3-2-6-8(10)7(14-5-13)4-11-9(6)12/h2-5H,1H3. The van der Waals surface area contributed by atoms with E-state index in [4.69, 9.17) is 11.6 Å². The van der Waals surface area contributed by atoms with E-state index >= 15 is 0 Å². The van der Waals surface area contributed by atoms with E-state index in [1.54, 1.807) is 0 Å². The van der Waals surface area contributed by atoms with Crippen molar-refractivity contribution in [1.29, 1.82) is 0 Å². The fraction of sp³-hybridized carbons (Fsp3) is 0.111. The van der Waals surface area contributed by atoms with E-state index in [0.29, 0.717) is 11.5 Å². The number of rotatable bonds is 2. The molecule has 0 amide bonds. The van der Waals surface area contributed by atoms with E-state index in [2.05, 4.69) is 9.72 Å². The van der Waals surface area contributed by atoms with Crippen LogP contribution in [0.15, 0.2) is 18.5 Å². The molecule has 2 rings (SSSR count). The van der Waals surface area contributed by atoms with Crippen molar-refractivity contribution in [2.45, 2.75) is 0 Å². The van der Waals surface area contributed by atoms with Gasteiger partial charge in [0.1, 0.15) is 5.65 Å². The summed E-state index contributed by atoms with van der Waals surface area (Å²) in [6, 6.07) is 1.82. The molecular formula is C9H7ClN2O2. The molecule has 0 aliphatic rings. The van der Waals surface area contributed by atoms with Gasteiger partial charge in [-0.25, -0.2) is 4.98 Å². The van der Waals surface area contributed by atoms with E-state index in [0.717, 1.165) is 11.0 Å². The lowest BCUT2D eigenvalue weighted by Crippen LogP contribution is -1.93. The van der Waals surface area contributed by atoms with Crippen LogP contribution in [0.25, 0.3) is 11.0 Å². The molecule has 0 aliphatic carbocycles. The number of halogens is 1. The summed E-state index contributed by atoms with van der Waals surface area (Å²) in [5.41, 5.74) is 0.758. The van der Waals surface area contributed by atoms with E-state index in [1.807, 2.05) is 23.9 Å². The van der Waals surface area contributed by atoms with Crippen LogP contribution in [-0.4, -0.2) is 16.0 Å². The number of pyridine rings is 1. The van der Waals surface area contributed by atoms with Gasteiger partial charge in [-0.3, -0.25) is 4.79 Å². The highest BCUT2D eigenvalue weighted by Gasteiger charge is 2.09.